The summed E-state index contributed by atoms with van der Waals surface area (Å²) in [4.78, 5) is 22.0. The summed E-state index contributed by atoms with van der Waals surface area (Å²) in [6, 6.07) is 5.24. The molecule has 1 aromatic carbocycles. The molecule has 0 radical (unpaired) electrons. The SMILES string of the molecule is CCOC(=O)C(O)C(O)c1cccc(NC(N)=O)c1. The van der Waals surface area contributed by atoms with Crippen LogP contribution in [0, 0.1) is 0 Å². The minimum atomic E-state index is -1.69. The summed E-state index contributed by atoms with van der Waals surface area (Å²) in [6.07, 6.45) is -3.14. The van der Waals surface area contributed by atoms with Crippen LogP contribution in [-0.4, -0.2) is 34.9 Å². The van der Waals surface area contributed by atoms with Gasteiger partial charge in [-0.1, -0.05) is 12.1 Å². The fourth-order valence-electron chi connectivity index (χ4n) is 1.48. The van der Waals surface area contributed by atoms with Crippen LogP contribution in [-0.2, 0) is 9.53 Å². The average Bonchev–Trinajstić information content (AvgIpc) is 2.36. The van der Waals surface area contributed by atoms with E-state index in [4.69, 9.17) is 5.73 Å². The van der Waals surface area contributed by atoms with Gasteiger partial charge in [0.25, 0.3) is 0 Å². The van der Waals surface area contributed by atoms with Crippen molar-refractivity contribution in [3.63, 3.8) is 0 Å². The Hall–Kier alpha value is -2.12. The Bertz CT molecular complexity index is 463. The molecular formula is C12H16N2O5. The molecule has 2 amide bonds. The summed E-state index contributed by atoms with van der Waals surface area (Å²) in [7, 11) is 0. The second-order valence-corrected chi connectivity index (χ2v) is 3.76. The molecule has 0 aromatic heterocycles. The van der Waals surface area contributed by atoms with E-state index in [-0.39, 0.29) is 12.2 Å². The molecule has 0 saturated carbocycles. The number of esters is 1. The number of anilines is 1. The molecule has 1 aromatic rings. The fraction of sp³-hybridized carbons (Fsp3) is 0.333. The largest absolute Gasteiger partial charge is 0.464 e. The maximum atomic E-state index is 11.3. The molecule has 7 nitrogen and oxygen atoms in total. The predicted molar refractivity (Wildman–Crippen MR) is 67.2 cm³/mol. The van der Waals surface area contributed by atoms with Crippen molar-refractivity contribution in [1.82, 2.24) is 0 Å². The molecule has 0 aliphatic carbocycles. The Balaban J connectivity index is 2.84. The number of aliphatic hydroxyl groups excluding tert-OH is 2. The van der Waals surface area contributed by atoms with Gasteiger partial charge in [0, 0.05) is 5.69 Å². The van der Waals surface area contributed by atoms with Gasteiger partial charge in [0.1, 0.15) is 6.10 Å². The molecule has 19 heavy (non-hydrogen) atoms. The Labute approximate surface area is 110 Å². The standard InChI is InChI=1S/C12H16N2O5/c1-2-19-11(17)10(16)9(15)7-4-3-5-8(6-7)14-12(13)18/h3-6,9-10,15-16H,2H2,1H3,(H3,13,14,18). The van der Waals surface area contributed by atoms with Crippen molar-refractivity contribution in [3.8, 4) is 0 Å². The van der Waals surface area contributed by atoms with Crippen LogP contribution in [0.2, 0.25) is 0 Å². The first-order chi connectivity index (χ1) is 8.95. The zero-order valence-corrected chi connectivity index (χ0v) is 10.4. The lowest BCUT2D eigenvalue weighted by Gasteiger charge is -2.17. The minimum absolute atomic E-state index is 0.103. The van der Waals surface area contributed by atoms with E-state index in [9.17, 15) is 19.8 Å². The van der Waals surface area contributed by atoms with Crippen LogP contribution in [0.1, 0.15) is 18.6 Å². The highest BCUT2D eigenvalue weighted by Gasteiger charge is 2.27. The van der Waals surface area contributed by atoms with E-state index in [0.29, 0.717) is 5.69 Å². The molecule has 104 valence electrons. The van der Waals surface area contributed by atoms with Gasteiger partial charge in [0.2, 0.25) is 0 Å². The van der Waals surface area contributed by atoms with Gasteiger partial charge < -0.3 is 26.0 Å². The van der Waals surface area contributed by atoms with Crippen molar-refractivity contribution in [1.29, 1.82) is 0 Å². The minimum Gasteiger partial charge on any atom is -0.464 e. The summed E-state index contributed by atoms with van der Waals surface area (Å²) in [5, 5.41) is 21.8. The van der Waals surface area contributed by atoms with Gasteiger partial charge in [-0.2, -0.15) is 0 Å². The summed E-state index contributed by atoms with van der Waals surface area (Å²) in [6.45, 7) is 1.69. The highest BCUT2D eigenvalue weighted by Crippen LogP contribution is 2.21. The lowest BCUT2D eigenvalue weighted by molar-refractivity contribution is -0.159. The van der Waals surface area contributed by atoms with Crippen LogP contribution in [0.3, 0.4) is 0 Å². The number of hydrogen-bond acceptors (Lipinski definition) is 5. The van der Waals surface area contributed by atoms with Crippen molar-refractivity contribution in [2.24, 2.45) is 5.73 Å². The van der Waals surface area contributed by atoms with Gasteiger partial charge in [0.05, 0.1) is 6.61 Å². The zero-order chi connectivity index (χ0) is 14.4. The van der Waals surface area contributed by atoms with E-state index < -0.39 is 24.2 Å². The second-order valence-electron chi connectivity index (χ2n) is 3.76. The van der Waals surface area contributed by atoms with Crippen LogP contribution < -0.4 is 11.1 Å². The number of amides is 2. The second kappa shape index (κ2) is 6.72. The Morgan fingerprint density at radius 1 is 1.42 bits per heavy atom. The smallest absolute Gasteiger partial charge is 0.338 e. The Morgan fingerprint density at radius 3 is 2.68 bits per heavy atom. The number of benzene rings is 1. The number of aliphatic hydroxyl groups is 2. The van der Waals surface area contributed by atoms with E-state index in [1.807, 2.05) is 0 Å². The molecule has 0 heterocycles. The van der Waals surface area contributed by atoms with E-state index in [2.05, 4.69) is 10.1 Å². The Kier molecular flexibility index (Phi) is 5.28. The van der Waals surface area contributed by atoms with E-state index in [1.54, 1.807) is 19.1 Å². The molecule has 5 N–H and O–H groups in total. The maximum absolute atomic E-state index is 11.3. The molecule has 0 saturated heterocycles. The number of carbonyl (C=O) groups excluding carboxylic acids is 2. The van der Waals surface area contributed by atoms with E-state index >= 15 is 0 Å². The number of urea groups is 1. The molecule has 0 fully saturated rings. The van der Waals surface area contributed by atoms with Crippen LogP contribution in [0.25, 0.3) is 0 Å². The zero-order valence-electron chi connectivity index (χ0n) is 10.4. The maximum Gasteiger partial charge on any atom is 0.338 e. The monoisotopic (exact) mass is 268 g/mol. The lowest BCUT2D eigenvalue weighted by Crippen LogP contribution is -2.30. The topological polar surface area (TPSA) is 122 Å². The van der Waals surface area contributed by atoms with Gasteiger partial charge >= 0.3 is 12.0 Å². The van der Waals surface area contributed by atoms with Crippen LogP contribution >= 0.6 is 0 Å². The third-order valence-electron chi connectivity index (χ3n) is 2.32. The summed E-state index contributed by atoms with van der Waals surface area (Å²) >= 11 is 0. The van der Waals surface area contributed by atoms with Crippen molar-refractivity contribution in [2.45, 2.75) is 19.1 Å². The number of nitrogens with one attached hydrogen (secondary N) is 1. The lowest BCUT2D eigenvalue weighted by atomic mass is 10.0. The number of ether oxygens (including phenoxy) is 1. The van der Waals surface area contributed by atoms with Crippen LogP contribution in [0.5, 0.6) is 0 Å². The van der Waals surface area contributed by atoms with Gasteiger partial charge in [-0.3, -0.25) is 0 Å². The molecule has 2 atom stereocenters. The molecule has 7 heteroatoms. The first kappa shape index (κ1) is 14.9. The molecule has 0 aliphatic rings. The highest BCUT2D eigenvalue weighted by atomic mass is 16.5. The van der Waals surface area contributed by atoms with Gasteiger partial charge in [-0.15, -0.1) is 0 Å². The van der Waals surface area contributed by atoms with Gasteiger partial charge in [-0.25, -0.2) is 9.59 Å². The number of nitrogens with two attached hydrogens (primary N) is 1. The quantitative estimate of drug-likeness (QED) is 0.566. The number of primary amides is 1. The average molecular weight is 268 g/mol. The highest BCUT2D eigenvalue weighted by molar-refractivity contribution is 5.87. The summed E-state index contributed by atoms with van der Waals surface area (Å²) in [5.74, 6) is -0.914. The van der Waals surface area contributed by atoms with Crippen LogP contribution in [0.4, 0.5) is 10.5 Å². The Morgan fingerprint density at radius 2 is 2.11 bits per heavy atom. The van der Waals surface area contributed by atoms with E-state index in [1.165, 1.54) is 12.1 Å². The predicted octanol–water partition coefficient (Wildman–Crippen LogP) is 0.135. The molecule has 0 spiro atoms. The van der Waals surface area contributed by atoms with Crippen molar-refractivity contribution in [3.05, 3.63) is 29.8 Å². The molecule has 2 unspecified atom stereocenters. The van der Waals surface area contributed by atoms with Gasteiger partial charge in [0.15, 0.2) is 6.10 Å². The fourth-order valence-corrected chi connectivity index (χ4v) is 1.48. The number of hydrogen-bond donors (Lipinski definition) is 4. The number of carbonyl (C=O) groups is 2. The van der Waals surface area contributed by atoms with Crippen molar-refractivity contribution in [2.75, 3.05) is 11.9 Å². The molecular weight excluding hydrogens is 252 g/mol. The first-order valence-electron chi connectivity index (χ1n) is 5.65. The first-order valence-corrected chi connectivity index (χ1v) is 5.65. The molecule has 0 bridgehead atoms. The summed E-state index contributed by atoms with van der Waals surface area (Å²) in [5.41, 5.74) is 5.57. The van der Waals surface area contributed by atoms with Crippen molar-refractivity contribution >= 4 is 17.7 Å². The van der Waals surface area contributed by atoms with Crippen LogP contribution in [0.15, 0.2) is 24.3 Å². The molecule has 0 aliphatic heterocycles. The number of rotatable bonds is 5. The third kappa shape index (κ3) is 4.23. The van der Waals surface area contributed by atoms with Gasteiger partial charge in [-0.05, 0) is 24.6 Å². The normalized spacial score (nSPS) is 13.4. The summed E-state index contributed by atoms with van der Waals surface area (Å²) < 4.78 is 4.60. The third-order valence-corrected chi connectivity index (χ3v) is 2.32. The van der Waals surface area contributed by atoms with E-state index in [0.717, 1.165) is 0 Å². The van der Waals surface area contributed by atoms with Crippen molar-refractivity contribution < 1.29 is 24.5 Å². The molecule has 1 rings (SSSR count).